The summed E-state index contributed by atoms with van der Waals surface area (Å²) in [5.74, 6) is -0.713. The average Bonchev–Trinajstić information content (AvgIpc) is 2.84. The van der Waals surface area contributed by atoms with E-state index in [-0.39, 0.29) is 34.0 Å². The number of aromatic hydroxyl groups is 2. The molecule has 0 spiro atoms. The highest BCUT2D eigenvalue weighted by atomic mass is 16.6. The molecule has 9 heteroatoms. The van der Waals surface area contributed by atoms with Gasteiger partial charge in [-0.1, -0.05) is 36.4 Å². The van der Waals surface area contributed by atoms with Crippen LogP contribution in [0.5, 0.6) is 17.2 Å². The number of anilines is 1. The topological polar surface area (TPSA) is 134 Å². The molecule has 0 aliphatic rings. The van der Waals surface area contributed by atoms with Crippen molar-refractivity contribution in [2.24, 2.45) is 4.99 Å². The van der Waals surface area contributed by atoms with Crippen molar-refractivity contribution in [2.45, 2.75) is 0 Å². The number of fused-ring (bicyclic) bond motifs is 1. The summed E-state index contributed by atoms with van der Waals surface area (Å²) >= 11 is 0. The molecule has 0 heterocycles. The third-order valence-electron chi connectivity index (χ3n) is 5.16. The molecule has 0 fully saturated rings. The standard InChI is InChI=1S/C25H19N3O6/c1-34-23-9-5-4-8-20(23)27-25(31)18-12-15-6-2-3-7-17(15)19(24(18)30)14-26-21-13-16(28(32)33)10-11-22(21)29/h2-14,29-30H,1H3,(H,27,31). The Morgan fingerprint density at radius 2 is 1.79 bits per heavy atom. The van der Waals surface area contributed by atoms with Crippen molar-refractivity contribution in [1.82, 2.24) is 0 Å². The first kappa shape index (κ1) is 22.3. The molecular weight excluding hydrogens is 438 g/mol. The molecule has 9 nitrogen and oxygen atoms in total. The highest BCUT2D eigenvalue weighted by Gasteiger charge is 2.19. The SMILES string of the molecule is COc1ccccc1NC(=O)c1cc2ccccc2c(C=Nc2cc([N+](=O)[O-])ccc2O)c1O. The molecule has 0 aliphatic heterocycles. The van der Waals surface area contributed by atoms with Crippen LogP contribution in [0.2, 0.25) is 0 Å². The Labute approximate surface area is 193 Å². The molecule has 0 radical (unpaired) electrons. The van der Waals surface area contributed by atoms with E-state index >= 15 is 0 Å². The first-order valence-electron chi connectivity index (χ1n) is 10.1. The number of carbonyl (C=O) groups excluding carboxylic acids is 1. The van der Waals surface area contributed by atoms with Crippen LogP contribution in [0.4, 0.5) is 17.1 Å². The van der Waals surface area contributed by atoms with E-state index in [1.807, 2.05) is 0 Å². The lowest BCUT2D eigenvalue weighted by Crippen LogP contribution is -2.13. The summed E-state index contributed by atoms with van der Waals surface area (Å²) in [6.45, 7) is 0. The zero-order chi connectivity index (χ0) is 24.2. The molecule has 0 saturated carbocycles. The van der Waals surface area contributed by atoms with E-state index in [4.69, 9.17) is 4.74 Å². The maximum atomic E-state index is 13.1. The van der Waals surface area contributed by atoms with Crippen LogP contribution in [-0.4, -0.2) is 34.4 Å². The minimum absolute atomic E-state index is 0.00526. The zero-order valence-electron chi connectivity index (χ0n) is 17.9. The maximum Gasteiger partial charge on any atom is 0.271 e. The molecule has 0 atom stereocenters. The van der Waals surface area contributed by atoms with E-state index in [9.17, 15) is 25.1 Å². The van der Waals surface area contributed by atoms with E-state index in [1.54, 1.807) is 54.6 Å². The maximum absolute atomic E-state index is 13.1. The summed E-state index contributed by atoms with van der Waals surface area (Å²) in [6.07, 6.45) is 1.26. The molecule has 0 unspecified atom stereocenters. The van der Waals surface area contributed by atoms with Gasteiger partial charge in [-0.25, -0.2) is 0 Å². The first-order valence-corrected chi connectivity index (χ1v) is 10.1. The lowest BCUT2D eigenvalue weighted by atomic mass is 9.99. The molecule has 4 aromatic rings. The number of rotatable bonds is 6. The van der Waals surface area contributed by atoms with Gasteiger partial charge in [0.25, 0.3) is 11.6 Å². The Balaban J connectivity index is 1.79. The molecule has 0 aromatic heterocycles. The normalized spacial score (nSPS) is 11.0. The highest BCUT2D eigenvalue weighted by molar-refractivity contribution is 6.13. The molecule has 4 rings (SSSR count). The second kappa shape index (κ2) is 9.29. The van der Waals surface area contributed by atoms with E-state index in [0.717, 1.165) is 12.1 Å². The fourth-order valence-electron chi connectivity index (χ4n) is 3.47. The lowest BCUT2D eigenvalue weighted by Gasteiger charge is -2.13. The Kier molecular flexibility index (Phi) is 6.09. The van der Waals surface area contributed by atoms with E-state index < -0.39 is 10.8 Å². The van der Waals surface area contributed by atoms with Gasteiger partial charge in [-0.15, -0.1) is 0 Å². The van der Waals surface area contributed by atoms with Gasteiger partial charge in [-0.2, -0.15) is 0 Å². The van der Waals surface area contributed by atoms with Gasteiger partial charge in [0.15, 0.2) is 0 Å². The smallest absolute Gasteiger partial charge is 0.271 e. The molecule has 3 N–H and O–H groups in total. The fourth-order valence-corrected chi connectivity index (χ4v) is 3.47. The zero-order valence-corrected chi connectivity index (χ0v) is 17.9. The number of carbonyl (C=O) groups is 1. The van der Waals surface area contributed by atoms with E-state index in [0.29, 0.717) is 22.2 Å². The van der Waals surface area contributed by atoms with Crippen molar-refractivity contribution in [1.29, 1.82) is 0 Å². The van der Waals surface area contributed by atoms with Crippen LogP contribution >= 0.6 is 0 Å². The van der Waals surface area contributed by atoms with Gasteiger partial charge in [0, 0.05) is 23.9 Å². The second-order valence-corrected chi connectivity index (χ2v) is 7.25. The van der Waals surface area contributed by atoms with Crippen LogP contribution in [0.1, 0.15) is 15.9 Å². The molecule has 170 valence electrons. The molecule has 34 heavy (non-hydrogen) atoms. The number of phenolic OH excluding ortho intramolecular Hbond substituents is 2. The quantitative estimate of drug-likeness (QED) is 0.208. The number of amides is 1. The predicted molar refractivity (Wildman–Crippen MR) is 129 cm³/mol. The summed E-state index contributed by atoms with van der Waals surface area (Å²) in [5, 5.41) is 36.1. The number of nitro benzene ring substituents is 1. The monoisotopic (exact) mass is 457 g/mol. The summed E-state index contributed by atoms with van der Waals surface area (Å²) in [6, 6.07) is 18.9. The van der Waals surface area contributed by atoms with E-state index in [1.165, 1.54) is 19.4 Å². The number of ether oxygens (including phenoxy) is 1. The number of benzene rings is 4. The van der Waals surface area contributed by atoms with Crippen LogP contribution in [0.3, 0.4) is 0 Å². The number of aliphatic imine (C=N–C) groups is 1. The Morgan fingerprint density at radius 3 is 2.56 bits per heavy atom. The van der Waals surface area contributed by atoms with Gasteiger partial charge in [0.1, 0.15) is 22.9 Å². The number of nitrogens with one attached hydrogen (secondary N) is 1. The van der Waals surface area contributed by atoms with Gasteiger partial charge in [-0.3, -0.25) is 19.9 Å². The van der Waals surface area contributed by atoms with Gasteiger partial charge in [0.05, 0.1) is 23.3 Å². The molecule has 0 bridgehead atoms. The van der Waals surface area contributed by atoms with Crippen molar-refractivity contribution in [3.63, 3.8) is 0 Å². The van der Waals surface area contributed by atoms with Gasteiger partial charge in [0.2, 0.25) is 0 Å². The van der Waals surface area contributed by atoms with Gasteiger partial charge < -0.3 is 20.3 Å². The number of hydrogen-bond donors (Lipinski definition) is 3. The Hall–Kier alpha value is -4.92. The van der Waals surface area contributed by atoms with Gasteiger partial charge >= 0.3 is 0 Å². The van der Waals surface area contributed by atoms with Crippen LogP contribution in [0.25, 0.3) is 10.8 Å². The summed E-state index contributed by atoms with van der Waals surface area (Å²) < 4.78 is 5.26. The number of para-hydroxylation sites is 2. The minimum atomic E-state index is -0.603. The van der Waals surface area contributed by atoms with Crippen LogP contribution in [-0.2, 0) is 0 Å². The number of nitro groups is 1. The van der Waals surface area contributed by atoms with E-state index in [2.05, 4.69) is 10.3 Å². The molecule has 0 saturated heterocycles. The molecule has 1 amide bonds. The average molecular weight is 457 g/mol. The summed E-state index contributed by atoms with van der Waals surface area (Å²) in [7, 11) is 1.48. The van der Waals surface area contributed by atoms with Crippen molar-refractivity contribution in [3.8, 4) is 17.2 Å². The minimum Gasteiger partial charge on any atom is -0.506 e. The second-order valence-electron chi connectivity index (χ2n) is 7.25. The predicted octanol–water partition coefficient (Wildman–Crippen LogP) is 5.17. The largest absolute Gasteiger partial charge is 0.506 e. The summed E-state index contributed by atoms with van der Waals surface area (Å²) in [4.78, 5) is 27.7. The Morgan fingerprint density at radius 1 is 1.06 bits per heavy atom. The van der Waals surface area contributed by atoms with Crippen LogP contribution in [0.15, 0.2) is 77.8 Å². The number of methoxy groups -OCH3 is 1. The van der Waals surface area contributed by atoms with Gasteiger partial charge in [-0.05, 0) is 35.0 Å². The number of non-ortho nitro benzene ring substituents is 1. The van der Waals surface area contributed by atoms with Crippen LogP contribution in [0, 0.1) is 10.1 Å². The molecule has 4 aromatic carbocycles. The van der Waals surface area contributed by atoms with Crippen molar-refractivity contribution < 1.29 is 24.7 Å². The first-order chi connectivity index (χ1) is 16.4. The number of phenols is 2. The summed E-state index contributed by atoms with van der Waals surface area (Å²) in [5.41, 5.74) is 0.341. The van der Waals surface area contributed by atoms with Crippen molar-refractivity contribution in [3.05, 3.63) is 94.0 Å². The Bertz CT molecular complexity index is 1450. The van der Waals surface area contributed by atoms with Crippen molar-refractivity contribution >= 4 is 40.0 Å². The lowest BCUT2D eigenvalue weighted by molar-refractivity contribution is -0.384. The number of nitrogens with zero attached hydrogens (tertiary/aromatic N) is 2. The molecular formula is C25H19N3O6. The fraction of sp³-hybridized carbons (Fsp3) is 0.0400. The third-order valence-corrected chi connectivity index (χ3v) is 5.16. The third kappa shape index (κ3) is 4.35. The highest BCUT2D eigenvalue weighted by Crippen LogP contribution is 2.34. The van der Waals surface area contributed by atoms with Crippen LogP contribution < -0.4 is 10.1 Å². The number of hydrogen-bond acceptors (Lipinski definition) is 7. The van der Waals surface area contributed by atoms with Crippen molar-refractivity contribution in [2.75, 3.05) is 12.4 Å². The molecule has 0 aliphatic carbocycles.